The molecule has 0 fully saturated rings. The Morgan fingerprint density at radius 1 is 1.33 bits per heavy atom. The number of hydrogen-bond acceptors (Lipinski definition) is 5. The van der Waals surface area contributed by atoms with Crippen molar-refractivity contribution in [2.45, 2.75) is 6.92 Å². The van der Waals surface area contributed by atoms with Crippen molar-refractivity contribution >= 4 is 17.5 Å². The summed E-state index contributed by atoms with van der Waals surface area (Å²) in [5, 5.41) is 4.26. The molecule has 0 saturated heterocycles. The summed E-state index contributed by atoms with van der Waals surface area (Å²) in [5.74, 6) is 0.527. The molecule has 0 aliphatic carbocycles. The minimum atomic E-state index is 0.0800. The highest BCUT2D eigenvalue weighted by Gasteiger charge is 2.10. The molecule has 6 nitrogen and oxygen atoms in total. The molecular formula is C8H9ClN6. The lowest BCUT2D eigenvalue weighted by molar-refractivity contribution is 0.758. The van der Waals surface area contributed by atoms with Crippen molar-refractivity contribution in [2.24, 2.45) is 7.05 Å². The molecule has 78 valence electrons. The molecule has 0 spiro atoms. The van der Waals surface area contributed by atoms with Crippen molar-refractivity contribution in [2.75, 3.05) is 5.73 Å². The molecule has 0 saturated carbocycles. The molecule has 0 bridgehead atoms. The lowest BCUT2D eigenvalue weighted by Gasteiger charge is -2.00. The lowest BCUT2D eigenvalue weighted by atomic mass is 10.3. The van der Waals surface area contributed by atoms with E-state index < -0.39 is 0 Å². The maximum Gasteiger partial charge on any atom is 0.227 e. The fourth-order valence-electron chi connectivity index (χ4n) is 1.30. The largest absolute Gasteiger partial charge is 0.368 e. The van der Waals surface area contributed by atoms with Gasteiger partial charge < -0.3 is 5.73 Å². The summed E-state index contributed by atoms with van der Waals surface area (Å²) < 4.78 is 1.67. The molecule has 0 unspecified atom stereocenters. The number of aromatic nitrogens is 5. The first kappa shape index (κ1) is 9.85. The Bertz CT molecular complexity index is 486. The first-order chi connectivity index (χ1) is 7.06. The fraction of sp³-hybridized carbons (Fsp3) is 0.250. The van der Waals surface area contributed by atoms with Crippen LogP contribution in [0.4, 0.5) is 5.95 Å². The Labute approximate surface area is 91.1 Å². The van der Waals surface area contributed by atoms with Crippen LogP contribution in [0.15, 0.2) is 6.07 Å². The molecule has 0 amide bonds. The average molecular weight is 225 g/mol. The predicted octanol–water partition coefficient (Wildman–Crippen LogP) is 0.816. The highest BCUT2D eigenvalue weighted by Crippen LogP contribution is 2.17. The van der Waals surface area contributed by atoms with Gasteiger partial charge in [-0.25, -0.2) is 0 Å². The third kappa shape index (κ3) is 1.89. The Morgan fingerprint density at radius 2 is 2.07 bits per heavy atom. The molecular weight excluding hydrogens is 216 g/mol. The van der Waals surface area contributed by atoms with E-state index in [1.165, 1.54) is 0 Å². The molecule has 7 heteroatoms. The summed E-state index contributed by atoms with van der Waals surface area (Å²) in [7, 11) is 1.80. The molecule has 0 radical (unpaired) electrons. The fourth-order valence-corrected chi connectivity index (χ4v) is 1.47. The lowest BCUT2D eigenvalue weighted by Crippen LogP contribution is -2.03. The summed E-state index contributed by atoms with van der Waals surface area (Å²) in [4.78, 5) is 11.7. The molecule has 2 heterocycles. The monoisotopic (exact) mass is 224 g/mol. The molecule has 0 aromatic carbocycles. The van der Waals surface area contributed by atoms with Crippen LogP contribution in [0.3, 0.4) is 0 Å². The van der Waals surface area contributed by atoms with E-state index in [-0.39, 0.29) is 11.2 Å². The average Bonchev–Trinajstić information content (AvgIpc) is 2.43. The van der Waals surface area contributed by atoms with E-state index in [2.05, 4.69) is 20.1 Å². The van der Waals surface area contributed by atoms with Gasteiger partial charge in [-0.1, -0.05) is 0 Å². The van der Waals surface area contributed by atoms with E-state index in [9.17, 15) is 0 Å². The van der Waals surface area contributed by atoms with Gasteiger partial charge in [-0.2, -0.15) is 20.1 Å². The van der Waals surface area contributed by atoms with Gasteiger partial charge in [-0.15, -0.1) is 0 Å². The number of halogens is 1. The minimum Gasteiger partial charge on any atom is -0.368 e. The summed E-state index contributed by atoms with van der Waals surface area (Å²) in [6.45, 7) is 1.88. The van der Waals surface area contributed by atoms with Gasteiger partial charge in [0.25, 0.3) is 0 Å². The molecule has 2 rings (SSSR count). The first-order valence-electron chi connectivity index (χ1n) is 4.24. The van der Waals surface area contributed by atoms with Crippen LogP contribution in [-0.2, 0) is 7.05 Å². The standard InChI is InChI=1S/C8H9ClN6/c1-4-3-5(15(2)14-4)6-11-7(9)13-8(10)12-6/h3H,1-2H3,(H2,10,11,12,13). The van der Waals surface area contributed by atoms with E-state index in [0.29, 0.717) is 5.82 Å². The molecule has 15 heavy (non-hydrogen) atoms. The highest BCUT2D eigenvalue weighted by molar-refractivity contribution is 6.28. The van der Waals surface area contributed by atoms with Crippen LogP contribution in [0.1, 0.15) is 5.69 Å². The van der Waals surface area contributed by atoms with Crippen molar-refractivity contribution in [3.8, 4) is 11.5 Å². The van der Waals surface area contributed by atoms with Gasteiger partial charge in [0.2, 0.25) is 11.2 Å². The van der Waals surface area contributed by atoms with Gasteiger partial charge in [0, 0.05) is 7.05 Å². The minimum absolute atomic E-state index is 0.0800. The first-order valence-corrected chi connectivity index (χ1v) is 4.62. The van der Waals surface area contributed by atoms with E-state index in [1.54, 1.807) is 11.7 Å². The van der Waals surface area contributed by atoms with E-state index >= 15 is 0 Å². The molecule has 0 aliphatic heterocycles. The SMILES string of the molecule is Cc1cc(-c2nc(N)nc(Cl)n2)n(C)n1. The zero-order chi connectivity index (χ0) is 11.0. The third-order valence-corrected chi connectivity index (χ3v) is 2.03. The Kier molecular flexibility index (Phi) is 2.28. The Balaban J connectivity index is 2.58. The van der Waals surface area contributed by atoms with Gasteiger partial charge in [-0.3, -0.25) is 4.68 Å². The second-order valence-electron chi connectivity index (χ2n) is 3.08. The Hall–Kier alpha value is -1.69. The van der Waals surface area contributed by atoms with Crippen LogP contribution in [0.25, 0.3) is 11.5 Å². The Morgan fingerprint density at radius 3 is 2.60 bits per heavy atom. The van der Waals surface area contributed by atoms with Crippen molar-refractivity contribution in [3.63, 3.8) is 0 Å². The van der Waals surface area contributed by atoms with Crippen LogP contribution >= 0.6 is 11.6 Å². The number of aryl methyl sites for hydroxylation is 2. The molecule has 0 aliphatic rings. The molecule has 2 aromatic rings. The second kappa shape index (κ2) is 3.47. The van der Waals surface area contributed by atoms with Crippen molar-refractivity contribution in [1.82, 2.24) is 24.7 Å². The summed E-state index contributed by atoms with van der Waals surface area (Å²) in [6.07, 6.45) is 0. The number of rotatable bonds is 1. The summed E-state index contributed by atoms with van der Waals surface area (Å²) >= 11 is 5.69. The highest BCUT2D eigenvalue weighted by atomic mass is 35.5. The van der Waals surface area contributed by atoms with E-state index in [0.717, 1.165) is 11.4 Å². The molecule has 2 N–H and O–H groups in total. The summed E-state index contributed by atoms with van der Waals surface area (Å²) in [6, 6.07) is 1.85. The normalized spacial score (nSPS) is 10.6. The van der Waals surface area contributed by atoms with Crippen molar-refractivity contribution in [1.29, 1.82) is 0 Å². The number of nitrogens with two attached hydrogens (primary N) is 1. The number of hydrogen-bond donors (Lipinski definition) is 1. The molecule has 2 aromatic heterocycles. The zero-order valence-corrected chi connectivity index (χ0v) is 9.02. The van der Waals surface area contributed by atoms with E-state index in [1.807, 2.05) is 13.0 Å². The van der Waals surface area contributed by atoms with Gasteiger partial charge in [0.15, 0.2) is 5.82 Å². The number of anilines is 1. The predicted molar refractivity (Wildman–Crippen MR) is 56.2 cm³/mol. The zero-order valence-electron chi connectivity index (χ0n) is 8.27. The third-order valence-electron chi connectivity index (χ3n) is 1.86. The van der Waals surface area contributed by atoms with Crippen molar-refractivity contribution < 1.29 is 0 Å². The van der Waals surface area contributed by atoms with Crippen LogP contribution < -0.4 is 5.73 Å². The maximum atomic E-state index is 5.69. The van der Waals surface area contributed by atoms with E-state index in [4.69, 9.17) is 17.3 Å². The van der Waals surface area contributed by atoms with Crippen LogP contribution in [-0.4, -0.2) is 24.7 Å². The van der Waals surface area contributed by atoms with Gasteiger partial charge >= 0.3 is 0 Å². The van der Waals surface area contributed by atoms with Crippen LogP contribution in [0.5, 0.6) is 0 Å². The van der Waals surface area contributed by atoms with Crippen LogP contribution in [0, 0.1) is 6.92 Å². The smallest absolute Gasteiger partial charge is 0.227 e. The second-order valence-corrected chi connectivity index (χ2v) is 3.42. The van der Waals surface area contributed by atoms with Crippen molar-refractivity contribution in [3.05, 3.63) is 17.0 Å². The van der Waals surface area contributed by atoms with Crippen LogP contribution in [0.2, 0.25) is 5.28 Å². The van der Waals surface area contributed by atoms with Gasteiger partial charge in [0.1, 0.15) is 5.69 Å². The summed E-state index contributed by atoms with van der Waals surface area (Å²) in [5.41, 5.74) is 7.11. The molecule has 0 atom stereocenters. The maximum absolute atomic E-state index is 5.69. The topological polar surface area (TPSA) is 82.5 Å². The van der Waals surface area contributed by atoms with Gasteiger partial charge in [0.05, 0.1) is 5.69 Å². The number of nitrogens with zero attached hydrogens (tertiary/aromatic N) is 5. The van der Waals surface area contributed by atoms with Gasteiger partial charge in [-0.05, 0) is 24.6 Å². The quantitative estimate of drug-likeness (QED) is 0.775. The number of nitrogen functional groups attached to an aromatic ring is 1.